The van der Waals surface area contributed by atoms with E-state index in [4.69, 9.17) is 4.98 Å². The van der Waals surface area contributed by atoms with E-state index in [2.05, 4.69) is 44.8 Å². The Balaban J connectivity index is 2.19. The average molecular weight is 295 g/mol. The van der Waals surface area contributed by atoms with Crippen LogP contribution in [0.1, 0.15) is 64.5 Å². The molecule has 4 heteroatoms. The number of nitrogens with zero attached hydrogens (tertiary/aromatic N) is 2. The topological polar surface area (TPSA) is 28.2 Å². The van der Waals surface area contributed by atoms with Crippen LogP contribution in [0.5, 0.6) is 0 Å². The van der Waals surface area contributed by atoms with E-state index in [0.717, 1.165) is 13.0 Å². The Morgan fingerprint density at radius 3 is 2.70 bits per heavy atom. The van der Waals surface area contributed by atoms with Gasteiger partial charge in [0.25, 0.3) is 0 Å². The van der Waals surface area contributed by atoms with Crippen molar-refractivity contribution in [1.82, 2.24) is 10.3 Å². The van der Waals surface area contributed by atoms with Gasteiger partial charge in [0.2, 0.25) is 0 Å². The van der Waals surface area contributed by atoms with Crippen molar-refractivity contribution in [2.45, 2.75) is 85.0 Å². The highest BCUT2D eigenvalue weighted by Crippen LogP contribution is 2.36. The minimum Gasteiger partial charge on any atom is -0.342 e. The third kappa shape index (κ3) is 3.34. The Morgan fingerprint density at radius 2 is 2.10 bits per heavy atom. The second-order valence-corrected chi connectivity index (χ2v) is 7.21. The van der Waals surface area contributed by atoms with Crippen LogP contribution >= 0.6 is 11.3 Å². The van der Waals surface area contributed by atoms with Crippen molar-refractivity contribution in [3.8, 4) is 0 Å². The molecule has 1 aromatic rings. The molecule has 0 aliphatic carbocycles. The van der Waals surface area contributed by atoms with Crippen LogP contribution < -0.4 is 10.2 Å². The zero-order valence-corrected chi connectivity index (χ0v) is 14.4. The van der Waals surface area contributed by atoms with Gasteiger partial charge in [0, 0.05) is 29.5 Å². The van der Waals surface area contributed by atoms with Crippen molar-refractivity contribution >= 4 is 16.5 Å². The molecule has 2 unspecified atom stereocenters. The molecule has 0 bridgehead atoms. The van der Waals surface area contributed by atoms with E-state index in [0.29, 0.717) is 18.1 Å². The fraction of sp³-hybridized carbons (Fsp3) is 0.812. The van der Waals surface area contributed by atoms with Crippen LogP contribution in [0.2, 0.25) is 0 Å². The first-order chi connectivity index (χ1) is 9.56. The first-order valence-corrected chi connectivity index (χ1v) is 8.88. The number of rotatable bonds is 6. The molecular formula is C16H29N3S. The number of anilines is 1. The normalized spacial score (nSPS) is 23.0. The Hall–Kier alpha value is -0.610. The van der Waals surface area contributed by atoms with Gasteiger partial charge < -0.3 is 10.2 Å². The van der Waals surface area contributed by atoms with Crippen molar-refractivity contribution in [2.75, 3.05) is 4.90 Å². The number of aryl methyl sites for hydroxylation is 1. The summed E-state index contributed by atoms with van der Waals surface area (Å²) in [5, 5.41) is 4.78. The summed E-state index contributed by atoms with van der Waals surface area (Å²) in [7, 11) is 0. The summed E-state index contributed by atoms with van der Waals surface area (Å²) < 4.78 is 0. The molecule has 0 aromatic carbocycles. The Morgan fingerprint density at radius 1 is 1.35 bits per heavy atom. The minimum atomic E-state index is 0.527. The molecular weight excluding hydrogens is 266 g/mol. The minimum absolute atomic E-state index is 0.527. The van der Waals surface area contributed by atoms with Crippen LogP contribution in [0.15, 0.2) is 0 Å². The second kappa shape index (κ2) is 6.90. The molecule has 1 aromatic heterocycles. The Labute approximate surface area is 127 Å². The van der Waals surface area contributed by atoms with E-state index in [1.807, 2.05) is 11.3 Å². The number of aromatic nitrogens is 1. The van der Waals surface area contributed by atoms with E-state index in [9.17, 15) is 0 Å². The monoisotopic (exact) mass is 295 g/mol. The van der Waals surface area contributed by atoms with Crippen molar-refractivity contribution in [1.29, 1.82) is 0 Å². The summed E-state index contributed by atoms with van der Waals surface area (Å²) in [5.74, 6) is 0. The fourth-order valence-corrected chi connectivity index (χ4v) is 4.28. The highest BCUT2D eigenvalue weighted by atomic mass is 32.1. The van der Waals surface area contributed by atoms with Crippen LogP contribution in [0.3, 0.4) is 0 Å². The highest BCUT2D eigenvalue weighted by Gasteiger charge is 2.31. The number of nitrogens with one attached hydrogen (secondary N) is 1. The molecule has 0 spiro atoms. The second-order valence-electron chi connectivity index (χ2n) is 6.15. The van der Waals surface area contributed by atoms with Crippen molar-refractivity contribution in [3.05, 3.63) is 10.6 Å². The van der Waals surface area contributed by atoms with Crippen LogP contribution in [-0.4, -0.2) is 23.1 Å². The standard InChI is InChI=1S/C16H29N3S/c1-6-13-9-8-12(5)19(13)16-18-14(7-2)15(20-16)10-17-11(3)4/h11-13,17H,6-10H2,1-5H3. The van der Waals surface area contributed by atoms with E-state index in [1.54, 1.807) is 0 Å². The molecule has 1 aliphatic heterocycles. The number of thiazole rings is 1. The zero-order valence-electron chi connectivity index (χ0n) is 13.6. The van der Waals surface area contributed by atoms with E-state index in [-0.39, 0.29) is 0 Å². The van der Waals surface area contributed by atoms with Gasteiger partial charge in [-0.25, -0.2) is 4.98 Å². The van der Waals surface area contributed by atoms with Gasteiger partial charge in [0.15, 0.2) is 5.13 Å². The van der Waals surface area contributed by atoms with Crippen LogP contribution in [-0.2, 0) is 13.0 Å². The van der Waals surface area contributed by atoms with Crippen molar-refractivity contribution in [2.24, 2.45) is 0 Å². The van der Waals surface area contributed by atoms with Gasteiger partial charge in [0.05, 0.1) is 5.69 Å². The molecule has 2 atom stereocenters. The predicted octanol–water partition coefficient (Wildman–Crippen LogP) is 3.97. The van der Waals surface area contributed by atoms with Gasteiger partial charge in [-0.2, -0.15) is 0 Å². The summed E-state index contributed by atoms with van der Waals surface area (Å²) in [6.07, 6.45) is 4.88. The summed E-state index contributed by atoms with van der Waals surface area (Å²) >= 11 is 1.90. The molecule has 1 N–H and O–H groups in total. The molecule has 114 valence electrons. The first-order valence-electron chi connectivity index (χ1n) is 8.07. The van der Waals surface area contributed by atoms with Gasteiger partial charge in [-0.1, -0.05) is 27.7 Å². The van der Waals surface area contributed by atoms with Crippen molar-refractivity contribution in [3.63, 3.8) is 0 Å². The Bertz CT molecular complexity index is 427. The summed E-state index contributed by atoms with van der Waals surface area (Å²) in [6, 6.07) is 1.85. The lowest BCUT2D eigenvalue weighted by atomic mass is 10.2. The quantitative estimate of drug-likeness (QED) is 0.860. The maximum atomic E-state index is 4.94. The van der Waals surface area contributed by atoms with Crippen LogP contribution in [0.4, 0.5) is 5.13 Å². The summed E-state index contributed by atoms with van der Waals surface area (Å²) in [5.41, 5.74) is 1.28. The highest BCUT2D eigenvalue weighted by molar-refractivity contribution is 7.15. The van der Waals surface area contributed by atoms with Gasteiger partial charge >= 0.3 is 0 Å². The average Bonchev–Trinajstić information content (AvgIpc) is 2.98. The molecule has 0 radical (unpaired) electrons. The third-order valence-electron chi connectivity index (χ3n) is 4.25. The van der Waals surface area contributed by atoms with Gasteiger partial charge in [-0.15, -0.1) is 11.3 Å². The smallest absolute Gasteiger partial charge is 0.186 e. The largest absolute Gasteiger partial charge is 0.342 e. The van der Waals surface area contributed by atoms with E-state index < -0.39 is 0 Å². The molecule has 2 rings (SSSR count). The molecule has 20 heavy (non-hydrogen) atoms. The van der Waals surface area contributed by atoms with Crippen LogP contribution in [0, 0.1) is 0 Å². The summed E-state index contributed by atoms with van der Waals surface area (Å²) in [4.78, 5) is 8.94. The molecule has 1 fully saturated rings. The predicted molar refractivity (Wildman–Crippen MR) is 88.7 cm³/mol. The zero-order chi connectivity index (χ0) is 14.7. The third-order valence-corrected chi connectivity index (χ3v) is 5.36. The van der Waals surface area contributed by atoms with Gasteiger partial charge in [-0.3, -0.25) is 0 Å². The molecule has 1 aliphatic rings. The van der Waals surface area contributed by atoms with Gasteiger partial charge in [0.1, 0.15) is 0 Å². The molecule has 2 heterocycles. The molecule has 3 nitrogen and oxygen atoms in total. The maximum Gasteiger partial charge on any atom is 0.186 e. The SMILES string of the molecule is CCc1nc(N2C(C)CCC2CC)sc1CNC(C)C. The Kier molecular flexibility index (Phi) is 5.44. The number of hydrogen-bond donors (Lipinski definition) is 1. The number of hydrogen-bond acceptors (Lipinski definition) is 4. The lowest BCUT2D eigenvalue weighted by molar-refractivity contribution is 0.590. The molecule has 0 amide bonds. The first kappa shape index (κ1) is 15.8. The lowest BCUT2D eigenvalue weighted by Crippen LogP contribution is -2.33. The van der Waals surface area contributed by atoms with Crippen LogP contribution in [0.25, 0.3) is 0 Å². The van der Waals surface area contributed by atoms with Gasteiger partial charge in [-0.05, 0) is 32.6 Å². The maximum absolute atomic E-state index is 4.94. The fourth-order valence-electron chi connectivity index (χ4n) is 3.01. The molecule has 0 saturated carbocycles. The molecule has 1 saturated heterocycles. The lowest BCUT2D eigenvalue weighted by Gasteiger charge is -2.27. The summed E-state index contributed by atoms with van der Waals surface area (Å²) in [6.45, 7) is 12.2. The van der Waals surface area contributed by atoms with E-state index in [1.165, 1.54) is 35.0 Å². The van der Waals surface area contributed by atoms with Crippen molar-refractivity contribution < 1.29 is 0 Å². The van der Waals surface area contributed by atoms with E-state index >= 15 is 0 Å².